The molecule has 2 aromatic rings. The van der Waals surface area contributed by atoms with E-state index in [0.29, 0.717) is 5.69 Å². The van der Waals surface area contributed by atoms with Crippen molar-refractivity contribution >= 4 is 17.7 Å². The fraction of sp³-hybridized carbons (Fsp3) is 0.143. The van der Waals surface area contributed by atoms with Crippen LogP contribution in [0.15, 0.2) is 49.1 Å². The summed E-state index contributed by atoms with van der Waals surface area (Å²) in [5.74, 6) is -0.993. The van der Waals surface area contributed by atoms with Crippen LogP contribution in [0.3, 0.4) is 0 Å². The van der Waals surface area contributed by atoms with Gasteiger partial charge in [0.05, 0.1) is 30.5 Å². The van der Waals surface area contributed by atoms with Crippen LogP contribution in [0.4, 0.5) is 10.5 Å². The third-order valence-corrected chi connectivity index (χ3v) is 2.70. The number of urea groups is 1. The highest BCUT2D eigenvalue weighted by atomic mass is 16.4. The Morgan fingerprint density at radius 1 is 1.14 bits per heavy atom. The molecule has 108 valence electrons. The molecule has 7 heteroatoms. The second-order valence-corrected chi connectivity index (χ2v) is 4.29. The Balaban J connectivity index is 2.05. The molecule has 1 atom stereocenters. The molecule has 0 spiro atoms. The molecule has 1 aromatic carbocycles. The predicted octanol–water partition coefficient (Wildman–Crippen LogP) is 1.81. The van der Waals surface area contributed by atoms with Crippen LogP contribution in [0.5, 0.6) is 0 Å². The van der Waals surface area contributed by atoms with Gasteiger partial charge in [0.15, 0.2) is 0 Å². The fourth-order valence-electron chi connectivity index (χ4n) is 1.80. The normalized spacial score (nSPS) is 11.4. The molecule has 0 fully saturated rings. The van der Waals surface area contributed by atoms with E-state index in [1.54, 1.807) is 24.3 Å². The monoisotopic (exact) mass is 286 g/mol. The number of rotatable bonds is 5. The molecular formula is C14H14N4O3. The standard InChI is InChI=1S/C14H14N4O3/c19-13(20)6-12(10-4-2-1-3-5-10)18-14(21)17-11-7-15-9-16-8-11/h1-5,7-9,12H,6H2,(H,19,20)(H2,17,18,21). The van der Waals surface area contributed by atoms with Gasteiger partial charge in [0.25, 0.3) is 0 Å². The van der Waals surface area contributed by atoms with E-state index in [-0.39, 0.29) is 6.42 Å². The van der Waals surface area contributed by atoms with Crippen molar-refractivity contribution in [2.24, 2.45) is 0 Å². The van der Waals surface area contributed by atoms with Gasteiger partial charge in [-0.3, -0.25) is 4.79 Å². The predicted molar refractivity (Wildman–Crippen MR) is 75.6 cm³/mol. The number of carboxylic acid groups (broad SMARTS) is 1. The Hall–Kier alpha value is -2.96. The lowest BCUT2D eigenvalue weighted by molar-refractivity contribution is -0.137. The van der Waals surface area contributed by atoms with Crippen LogP contribution < -0.4 is 10.6 Å². The summed E-state index contributed by atoms with van der Waals surface area (Å²) in [6, 6.07) is 7.79. The number of nitrogens with one attached hydrogen (secondary N) is 2. The van der Waals surface area contributed by atoms with Gasteiger partial charge < -0.3 is 15.7 Å². The fourth-order valence-corrected chi connectivity index (χ4v) is 1.80. The maximum absolute atomic E-state index is 11.9. The summed E-state index contributed by atoms with van der Waals surface area (Å²) in [6.07, 6.45) is 4.03. The maximum atomic E-state index is 11.9. The van der Waals surface area contributed by atoms with E-state index in [2.05, 4.69) is 20.6 Å². The molecule has 7 nitrogen and oxygen atoms in total. The minimum Gasteiger partial charge on any atom is -0.481 e. The molecule has 0 aliphatic heterocycles. The van der Waals surface area contributed by atoms with Crippen LogP contribution in [0.1, 0.15) is 18.0 Å². The molecule has 0 saturated heterocycles. The number of nitrogens with zero attached hydrogens (tertiary/aromatic N) is 2. The molecule has 0 radical (unpaired) electrons. The first kappa shape index (κ1) is 14.4. The van der Waals surface area contributed by atoms with Gasteiger partial charge in [-0.1, -0.05) is 30.3 Å². The highest BCUT2D eigenvalue weighted by molar-refractivity contribution is 5.89. The van der Waals surface area contributed by atoms with Crippen molar-refractivity contribution in [2.75, 3.05) is 5.32 Å². The average molecular weight is 286 g/mol. The number of carbonyl (C=O) groups is 2. The molecule has 1 unspecified atom stereocenters. The van der Waals surface area contributed by atoms with Gasteiger partial charge in [0.1, 0.15) is 6.33 Å². The number of amides is 2. The minimum atomic E-state index is -0.993. The summed E-state index contributed by atoms with van der Waals surface area (Å²) in [4.78, 5) is 30.4. The molecule has 0 bridgehead atoms. The van der Waals surface area contributed by atoms with Crippen LogP contribution >= 0.6 is 0 Å². The Bertz CT molecular complexity index is 604. The lowest BCUT2D eigenvalue weighted by Gasteiger charge is -2.17. The van der Waals surface area contributed by atoms with Crippen LogP contribution in [0.25, 0.3) is 0 Å². The molecule has 3 N–H and O–H groups in total. The van der Waals surface area contributed by atoms with Gasteiger partial charge in [-0.05, 0) is 5.56 Å². The quantitative estimate of drug-likeness (QED) is 0.777. The van der Waals surface area contributed by atoms with E-state index in [1.807, 2.05) is 6.07 Å². The van der Waals surface area contributed by atoms with E-state index in [9.17, 15) is 9.59 Å². The zero-order chi connectivity index (χ0) is 15.1. The summed E-state index contributed by atoms with van der Waals surface area (Å²) in [5.41, 5.74) is 1.15. The SMILES string of the molecule is O=C(O)CC(NC(=O)Nc1cncnc1)c1ccccc1. The zero-order valence-corrected chi connectivity index (χ0v) is 11.1. The van der Waals surface area contributed by atoms with E-state index in [4.69, 9.17) is 5.11 Å². The van der Waals surface area contributed by atoms with Crippen molar-refractivity contribution < 1.29 is 14.7 Å². The van der Waals surface area contributed by atoms with Gasteiger partial charge in [-0.2, -0.15) is 0 Å². The topological polar surface area (TPSA) is 104 Å². The lowest BCUT2D eigenvalue weighted by Crippen LogP contribution is -2.33. The molecule has 2 amide bonds. The van der Waals surface area contributed by atoms with Gasteiger partial charge in [0.2, 0.25) is 0 Å². The number of hydrogen-bond donors (Lipinski definition) is 3. The van der Waals surface area contributed by atoms with Crippen LogP contribution in [-0.2, 0) is 4.79 Å². The summed E-state index contributed by atoms with van der Waals surface area (Å²) in [7, 11) is 0. The number of aliphatic carboxylic acids is 1. The van der Waals surface area contributed by atoms with Crippen molar-refractivity contribution in [1.29, 1.82) is 0 Å². The Morgan fingerprint density at radius 2 is 1.81 bits per heavy atom. The van der Waals surface area contributed by atoms with Crippen LogP contribution in [0.2, 0.25) is 0 Å². The molecule has 1 heterocycles. The maximum Gasteiger partial charge on any atom is 0.319 e. The van der Waals surface area contributed by atoms with Gasteiger partial charge in [0, 0.05) is 0 Å². The number of carboxylic acids is 1. The molecular weight excluding hydrogens is 272 g/mol. The third kappa shape index (κ3) is 4.57. The number of anilines is 1. The Kier molecular flexibility index (Phi) is 4.81. The van der Waals surface area contributed by atoms with Gasteiger partial charge >= 0.3 is 12.0 Å². The summed E-state index contributed by atoms with van der Waals surface area (Å²) < 4.78 is 0. The molecule has 21 heavy (non-hydrogen) atoms. The molecule has 0 aliphatic carbocycles. The second kappa shape index (κ2) is 6.99. The largest absolute Gasteiger partial charge is 0.481 e. The summed E-state index contributed by atoms with van der Waals surface area (Å²) in [5, 5.41) is 14.1. The smallest absolute Gasteiger partial charge is 0.319 e. The van der Waals surface area contributed by atoms with Crippen molar-refractivity contribution in [3.63, 3.8) is 0 Å². The molecule has 0 saturated carbocycles. The highest BCUT2D eigenvalue weighted by Gasteiger charge is 2.17. The van der Waals surface area contributed by atoms with Crippen molar-refractivity contribution in [3.05, 3.63) is 54.6 Å². The molecule has 0 aliphatic rings. The number of hydrogen-bond acceptors (Lipinski definition) is 4. The first-order chi connectivity index (χ1) is 10.1. The summed E-state index contributed by atoms with van der Waals surface area (Å²) >= 11 is 0. The highest BCUT2D eigenvalue weighted by Crippen LogP contribution is 2.16. The first-order valence-corrected chi connectivity index (χ1v) is 6.24. The van der Waals surface area contributed by atoms with Gasteiger partial charge in [-0.25, -0.2) is 14.8 Å². The zero-order valence-electron chi connectivity index (χ0n) is 11.1. The second-order valence-electron chi connectivity index (χ2n) is 4.29. The van der Waals surface area contributed by atoms with Crippen molar-refractivity contribution in [1.82, 2.24) is 15.3 Å². The lowest BCUT2D eigenvalue weighted by atomic mass is 10.0. The number of benzene rings is 1. The van der Waals surface area contributed by atoms with E-state index in [1.165, 1.54) is 18.7 Å². The molecule has 2 rings (SSSR count). The van der Waals surface area contributed by atoms with Crippen LogP contribution in [0, 0.1) is 0 Å². The van der Waals surface area contributed by atoms with E-state index < -0.39 is 18.0 Å². The van der Waals surface area contributed by atoms with Crippen molar-refractivity contribution in [3.8, 4) is 0 Å². The Labute approximate surface area is 121 Å². The third-order valence-electron chi connectivity index (χ3n) is 2.70. The van der Waals surface area contributed by atoms with Crippen molar-refractivity contribution in [2.45, 2.75) is 12.5 Å². The molecule has 1 aromatic heterocycles. The summed E-state index contributed by atoms with van der Waals surface area (Å²) in [6.45, 7) is 0. The number of aromatic nitrogens is 2. The Morgan fingerprint density at radius 3 is 2.43 bits per heavy atom. The average Bonchev–Trinajstić information content (AvgIpc) is 2.48. The van der Waals surface area contributed by atoms with Crippen LogP contribution in [-0.4, -0.2) is 27.1 Å². The first-order valence-electron chi connectivity index (χ1n) is 6.24. The number of carbonyl (C=O) groups excluding carboxylic acids is 1. The minimum absolute atomic E-state index is 0.206. The van der Waals surface area contributed by atoms with Gasteiger partial charge in [-0.15, -0.1) is 0 Å². The van der Waals surface area contributed by atoms with E-state index >= 15 is 0 Å². The van der Waals surface area contributed by atoms with E-state index in [0.717, 1.165) is 5.56 Å².